The third-order valence-electron chi connectivity index (χ3n) is 3.51. The van der Waals surface area contributed by atoms with Crippen LogP contribution in [-0.4, -0.2) is 10.7 Å². The lowest BCUT2D eigenvalue weighted by molar-refractivity contribution is 0.135. The van der Waals surface area contributed by atoms with Crippen LogP contribution in [0.5, 0.6) is 17.2 Å². The van der Waals surface area contributed by atoms with Gasteiger partial charge in [-0.05, 0) is 32.0 Å². The molecule has 110 valence electrons. The van der Waals surface area contributed by atoms with Crippen LogP contribution in [0.3, 0.4) is 0 Å². The fourth-order valence-corrected chi connectivity index (χ4v) is 2.57. The maximum absolute atomic E-state index is 13.7. The van der Waals surface area contributed by atoms with Crippen molar-refractivity contribution in [3.05, 3.63) is 53.3 Å². The molecule has 0 saturated heterocycles. The van der Waals surface area contributed by atoms with Crippen molar-refractivity contribution in [3.63, 3.8) is 0 Å². The van der Waals surface area contributed by atoms with Gasteiger partial charge in [-0.1, -0.05) is 18.2 Å². The van der Waals surface area contributed by atoms with Crippen LogP contribution in [0.15, 0.2) is 36.4 Å². The number of halogens is 1. The van der Waals surface area contributed by atoms with Gasteiger partial charge in [-0.15, -0.1) is 0 Å². The molecule has 0 bridgehead atoms. The predicted molar refractivity (Wildman–Crippen MR) is 77.2 cm³/mol. The van der Waals surface area contributed by atoms with E-state index < -0.39 is 12.4 Å². The molecule has 0 aromatic heterocycles. The standard InChI is InChI=1S/C17H17FO3/c1-17(2)9-11-5-3-8-15(16(11)21-17)20-14-7-4-6-13(18)12(14)10-19/h3-8,19H,9-10H2,1-2H3. The summed E-state index contributed by atoms with van der Waals surface area (Å²) in [6.45, 7) is 3.61. The van der Waals surface area contributed by atoms with Gasteiger partial charge in [0.15, 0.2) is 11.5 Å². The highest BCUT2D eigenvalue weighted by atomic mass is 19.1. The van der Waals surface area contributed by atoms with Crippen molar-refractivity contribution in [3.8, 4) is 17.2 Å². The number of para-hydroxylation sites is 1. The first-order chi connectivity index (χ1) is 10.00. The van der Waals surface area contributed by atoms with Gasteiger partial charge in [0.05, 0.1) is 12.2 Å². The second-order valence-electron chi connectivity index (χ2n) is 5.76. The number of benzene rings is 2. The van der Waals surface area contributed by atoms with Gasteiger partial charge in [-0.25, -0.2) is 4.39 Å². The molecule has 2 aromatic rings. The Balaban J connectivity index is 1.98. The maximum Gasteiger partial charge on any atom is 0.169 e. The second kappa shape index (κ2) is 5.04. The molecule has 1 aliphatic rings. The van der Waals surface area contributed by atoms with Crippen molar-refractivity contribution in [1.29, 1.82) is 0 Å². The number of hydrogen-bond acceptors (Lipinski definition) is 3. The average Bonchev–Trinajstić information content (AvgIpc) is 2.74. The Bertz CT molecular complexity index is 680. The molecule has 21 heavy (non-hydrogen) atoms. The number of fused-ring (bicyclic) bond motifs is 1. The first-order valence-electron chi connectivity index (χ1n) is 6.87. The molecule has 1 heterocycles. The smallest absolute Gasteiger partial charge is 0.169 e. The van der Waals surface area contributed by atoms with Crippen LogP contribution in [0.1, 0.15) is 25.0 Å². The summed E-state index contributed by atoms with van der Waals surface area (Å²) in [5, 5.41) is 9.30. The highest BCUT2D eigenvalue weighted by Crippen LogP contribution is 2.43. The SMILES string of the molecule is CC1(C)Cc2cccc(Oc3cccc(F)c3CO)c2O1. The molecule has 0 fully saturated rings. The summed E-state index contributed by atoms with van der Waals surface area (Å²) >= 11 is 0. The van der Waals surface area contributed by atoms with E-state index in [4.69, 9.17) is 9.47 Å². The highest BCUT2D eigenvalue weighted by Gasteiger charge is 2.32. The Labute approximate surface area is 122 Å². The molecule has 0 aliphatic carbocycles. The third-order valence-corrected chi connectivity index (χ3v) is 3.51. The van der Waals surface area contributed by atoms with E-state index in [0.29, 0.717) is 17.2 Å². The van der Waals surface area contributed by atoms with Crippen molar-refractivity contribution in [2.75, 3.05) is 0 Å². The molecule has 0 radical (unpaired) electrons. The first-order valence-corrected chi connectivity index (χ1v) is 6.87. The summed E-state index contributed by atoms with van der Waals surface area (Å²) in [7, 11) is 0. The van der Waals surface area contributed by atoms with Gasteiger partial charge in [-0.2, -0.15) is 0 Å². The second-order valence-corrected chi connectivity index (χ2v) is 5.76. The lowest BCUT2D eigenvalue weighted by Crippen LogP contribution is -2.24. The van der Waals surface area contributed by atoms with Crippen molar-refractivity contribution in [1.82, 2.24) is 0 Å². The number of rotatable bonds is 3. The van der Waals surface area contributed by atoms with E-state index in [1.165, 1.54) is 6.07 Å². The van der Waals surface area contributed by atoms with Crippen molar-refractivity contribution >= 4 is 0 Å². The van der Waals surface area contributed by atoms with Crippen molar-refractivity contribution < 1.29 is 19.0 Å². The van der Waals surface area contributed by atoms with E-state index in [1.807, 2.05) is 26.0 Å². The number of hydrogen-bond donors (Lipinski definition) is 1. The zero-order valence-electron chi connectivity index (χ0n) is 12.0. The summed E-state index contributed by atoms with van der Waals surface area (Å²) in [6, 6.07) is 10.2. The summed E-state index contributed by atoms with van der Waals surface area (Å²) < 4.78 is 25.4. The van der Waals surface area contributed by atoms with Crippen LogP contribution < -0.4 is 9.47 Å². The van der Waals surface area contributed by atoms with Gasteiger partial charge in [0.25, 0.3) is 0 Å². The topological polar surface area (TPSA) is 38.7 Å². The molecular formula is C17H17FO3. The van der Waals surface area contributed by atoms with Gasteiger partial charge in [0.1, 0.15) is 17.2 Å². The molecule has 0 saturated carbocycles. The monoisotopic (exact) mass is 288 g/mol. The average molecular weight is 288 g/mol. The minimum atomic E-state index is -0.483. The molecule has 3 rings (SSSR count). The highest BCUT2D eigenvalue weighted by molar-refractivity contribution is 5.52. The molecule has 4 heteroatoms. The Morgan fingerprint density at radius 2 is 1.90 bits per heavy atom. The zero-order chi connectivity index (χ0) is 15.0. The van der Waals surface area contributed by atoms with Gasteiger partial charge in [0, 0.05) is 12.0 Å². The van der Waals surface area contributed by atoms with Gasteiger partial charge < -0.3 is 14.6 Å². The Kier molecular flexibility index (Phi) is 3.33. The largest absolute Gasteiger partial charge is 0.483 e. The fraction of sp³-hybridized carbons (Fsp3) is 0.294. The molecule has 0 spiro atoms. The van der Waals surface area contributed by atoms with E-state index in [0.717, 1.165) is 12.0 Å². The molecule has 0 unspecified atom stereocenters. The lowest BCUT2D eigenvalue weighted by Gasteiger charge is -2.18. The van der Waals surface area contributed by atoms with E-state index in [-0.39, 0.29) is 11.2 Å². The maximum atomic E-state index is 13.7. The van der Waals surface area contributed by atoms with E-state index in [2.05, 4.69) is 0 Å². The summed E-state index contributed by atoms with van der Waals surface area (Å²) in [4.78, 5) is 0. The molecule has 1 aliphatic heterocycles. The fourth-order valence-electron chi connectivity index (χ4n) is 2.57. The summed E-state index contributed by atoms with van der Waals surface area (Å²) in [6.07, 6.45) is 0.801. The number of aliphatic hydroxyl groups is 1. The summed E-state index contributed by atoms with van der Waals surface area (Å²) in [5.74, 6) is 1.05. The minimum absolute atomic E-state index is 0.146. The minimum Gasteiger partial charge on any atom is -0.483 e. The molecule has 0 amide bonds. The first kappa shape index (κ1) is 13.9. The molecule has 0 atom stereocenters. The van der Waals surface area contributed by atoms with E-state index in [9.17, 15) is 9.50 Å². The van der Waals surface area contributed by atoms with Gasteiger partial charge >= 0.3 is 0 Å². The molecule has 2 aromatic carbocycles. The number of ether oxygens (including phenoxy) is 2. The molecular weight excluding hydrogens is 271 g/mol. The lowest BCUT2D eigenvalue weighted by atomic mass is 10.0. The molecule has 1 N–H and O–H groups in total. The van der Waals surface area contributed by atoms with Gasteiger partial charge in [-0.3, -0.25) is 0 Å². The normalized spacial score (nSPS) is 15.4. The van der Waals surface area contributed by atoms with E-state index >= 15 is 0 Å². The summed E-state index contributed by atoms with van der Waals surface area (Å²) in [5.41, 5.74) is 0.940. The van der Waals surface area contributed by atoms with Crippen LogP contribution in [0.25, 0.3) is 0 Å². The Hall–Kier alpha value is -2.07. The molecule has 3 nitrogen and oxygen atoms in total. The van der Waals surface area contributed by atoms with Crippen LogP contribution in [0.4, 0.5) is 4.39 Å². The third kappa shape index (κ3) is 2.59. The van der Waals surface area contributed by atoms with E-state index in [1.54, 1.807) is 18.2 Å². The van der Waals surface area contributed by atoms with Crippen LogP contribution in [-0.2, 0) is 13.0 Å². The quantitative estimate of drug-likeness (QED) is 0.933. The zero-order valence-corrected chi connectivity index (χ0v) is 12.0. The van der Waals surface area contributed by atoms with Crippen molar-refractivity contribution in [2.24, 2.45) is 0 Å². The van der Waals surface area contributed by atoms with Crippen LogP contribution in [0.2, 0.25) is 0 Å². The van der Waals surface area contributed by atoms with Crippen LogP contribution in [0, 0.1) is 5.82 Å². The Morgan fingerprint density at radius 3 is 2.67 bits per heavy atom. The van der Waals surface area contributed by atoms with Crippen molar-refractivity contribution in [2.45, 2.75) is 32.5 Å². The van der Waals surface area contributed by atoms with Gasteiger partial charge in [0.2, 0.25) is 0 Å². The number of aliphatic hydroxyl groups excluding tert-OH is 1. The predicted octanol–water partition coefficient (Wildman–Crippen LogP) is 3.82. The van der Waals surface area contributed by atoms with Crippen LogP contribution >= 0.6 is 0 Å². The Morgan fingerprint density at radius 1 is 1.19 bits per heavy atom.